The number of nitrogens with zero attached hydrogens (tertiary/aromatic N) is 4. The molecule has 1 fully saturated rings. The van der Waals surface area contributed by atoms with E-state index in [0.717, 1.165) is 24.6 Å². The highest BCUT2D eigenvalue weighted by molar-refractivity contribution is 5.84. The molecule has 3 heterocycles. The van der Waals surface area contributed by atoms with Crippen molar-refractivity contribution in [1.82, 2.24) is 14.4 Å². The first-order valence-corrected chi connectivity index (χ1v) is 8.02. The molecule has 1 aliphatic heterocycles. The quantitative estimate of drug-likeness (QED) is 0.908. The predicted octanol–water partition coefficient (Wildman–Crippen LogP) is 2.30. The SMILES string of the molecule is C[C@@H]1CN(c2nc(NC(=O)OC(C)(C)C)cn3ccnc23)CCO1. The smallest absolute Gasteiger partial charge is 0.413 e. The summed E-state index contributed by atoms with van der Waals surface area (Å²) in [7, 11) is 0. The Labute approximate surface area is 140 Å². The monoisotopic (exact) mass is 333 g/mol. The largest absolute Gasteiger partial charge is 0.444 e. The Balaban J connectivity index is 1.88. The van der Waals surface area contributed by atoms with Crippen molar-refractivity contribution in [3.8, 4) is 0 Å². The average Bonchev–Trinajstić information content (AvgIpc) is 2.92. The van der Waals surface area contributed by atoms with Crippen molar-refractivity contribution < 1.29 is 14.3 Å². The van der Waals surface area contributed by atoms with E-state index < -0.39 is 11.7 Å². The van der Waals surface area contributed by atoms with E-state index in [-0.39, 0.29) is 6.10 Å². The molecule has 24 heavy (non-hydrogen) atoms. The van der Waals surface area contributed by atoms with Crippen molar-refractivity contribution in [3.63, 3.8) is 0 Å². The minimum atomic E-state index is -0.564. The predicted molar refractivity (Wildman–Crippen MR) is 90.5 cm³/mol. The number of amides is 1. The zero-order valence-corrected chi connectivity index (χ0v) is 14.4. The van der Waals surface area contributed by atoms with Crippen LogP contribution in [0.1, 0.15) is 27.7 Å². The van der Waals surface area contributed by atoms with Gasteiger partial charge in [0.25, 0.3) is 0 Å². The van der Waals surface area contributed by atoms with Crippen LogP contribution in [-0.2, 0) is 9.47 Å². The van der Waals surface area contributed by atoms with Crippen molar-refractivity contribution in [1.29, 1.82) is 0 Å². The van der Waals surface area contributed by atoms with E-state index in [1.807, 2.05) is 38.3 Å². The summed E-state index contributed by atoms with van der Waals surface area (Å²) in [6.07, 6.45) is 4.85. The number of hydrogen-bond donors (Lipinski definition) is 1. The lowest BCUT2D eigenvalue weighted by atomic mass is 10.2. The second-order valence-corrected chi connectivity index (χ2v) is 6.86. The van der Waals surface area contributed by atoms with Crippen LogP contribution in [0.3, 0.4) is 0 Å². The molecule has 0 radical (unpaired) electrons. The van der Waals surface area contributed by atoms with Crippen LogP contribution < -0.4 is 10.2 Å². The van der Waals surface area contributed by atoms with Gasteiger partial charge in [0.1, 0.15) is 5.60 Å². The summed E-state index contributed by atoms with van der Waals surface area (Å²) in [6, 6.07) is 0. The van der Waals surface area contributed by atoms with Crippen LogP contribution in [0.2, 0.25) is 0 Å². The van der Waals surface area contributed by atoms with Crippen LogP contribution in [-0.4, -0.2) is 51.9 Å². The number of ether oxygens (including phenoxy) is 2. The van der Waals surface area contributed by atoms with Crippen LogP contribution >= 0.6 is 0 Å². The fraction of sp³-hybridized carbons (Fsp3) is 0.562. The number of anilines is 2. The number of hydrogen-bond acceptors (Lipinski definition) is 6. The van der Waals surface area contributed by atoms with E-state index >= 15 is 0 Å². The number of carbonyl (C=O) groups excluding carboxylic acids is 1. The highest BCUT2D eigenvalue weighted by Gasteiger charge is 2.23. The molecule has 3 rings (SSSR count). The third-order valence-electron chi connectivity index (χ3n) is 3.53. The molecule has 8 nitrogen and oxygen atoms in total. The lowest BCUT2D eigenvalue weighted by molar-refractivity contribution is 0.0529. The highest BCUT2D eigenvalue weighted by Crippen LogP contribution is 2.23. The number of aromatic nitrogens is 3. The van der Waals surface area contributed by atoms with Gasteiger partial charge in [0.2, 0.25) is 0 Å². The van der Waals surface area contributed by atoms with Gasteiger partial charge in [0.05, 0.1) is 18.9 Å². The van der Waals surface area contributed by atoms with Crippen molar-refractivity contribution in [2.75, 3.05) is 29.9 Å². The number of morpholine rings is 1. The van der Waals surface area contributed by atoms with Gasteiger partial charge in [-0.05, 0) is 27.7 Å². The van der Waals surface area contributed by atoms with Gasteiger partial charge in [-0.25, -0.2) is 14.8 Å². The van der Waals surface area contributed by atoms with E-state index in [9.17, 15) is 4.79 Å². The second kappa shape index (κ2) is 6.27. The molecule has 1 saturated heterocycles. The standard InChI is InChI=1S/C16H23N5O3/c1-11-9-21(7-8-23-11)14-13-17-5-6-20(13)10-12(18-14)19-15(22)24-16(2,3)4/h5-6,10-11H,7-9H2,1-4H3,(H,19,22)/t11-/m1/s1. The third kappa shape index (κ3) is 3.76. The van der Waals surface area contributed by atoms with Crippen molar-refractivity contribution in [2.24, 2.45) is 0 Å². The van der Waals surface area contributed by atoms with Gasteiger partial charge in [-0.1, -0.05) is 0 Å². The van der Waals surface area contributed by atoms with Gasteiger partial charge in [-0.3, -0.25) is 5.32 Å². The number of carbonyl (C=O) groups is 1. The summed E-state index contributed by atoms with van der Waals surface area (Å²) >= 11 is 0. The maximum Gasteiger partial charge on any atom is 0.413 e. The molecule has 1 amide bonds. The lowest BCUT2D eigenvalue weighted by Crippen LogP contribution is -2.41. The van der Waals surface area contributed by atoms with Gasteiger partial charge >= 0.3 is 6.09 Å². The molecule has 8 heteroatoms. The molecular formula is C16H23N5O3. The molecule has 0 saturated carbocycles. The van der Waals surface area contributed by atoms with Gasteiger partial charge < -0.3 is 18.8 Å². The van der Waals surface area contributed by atoms with Crippen molar-refractivity contribution in [2.45, 2.75) is 39.4 Å². The number of imidazole rings is 1. The first-order chi connectivity index (χ1) is 11.3. The topological polar surface area (TPSA) is 81.0 Å². The summed E-state index contributed by atoms with van der Waals surface area (Å²) < 4.78 is 12.7. The Morgan fingerprint density at radius 1 is 1.46 bits per heavy atom. The Morgan fingerprint density at radius 2 is 2.25 bits per heavy atom. The molecule has 0 aliphatic carbocycles. The van der Waals surface area contributed by atoms with E-state index in [2.05, 4.69) is 20.2 Å². The maximum absolute atomic E-state index is 12.0. The third-order valence-corrected chi connectivity index (χ3v) is 3.53. The molecule has 130 valence electrons. The summed E-state index contributed by atoms with van der Waals surface area (Å²) in [5, 5.41) is 2.69. The van der Waals surface area contributed by atoms with Crippen LogP contribution in [0.25, 0.3) is 5.65 Å². The summed E-state index contributed by atoms with van der Waals surface area (Å²) in [5.41, 5.74) is 0.185. The number of nitrogens with one attached hydrogen (secondary N) is 1. The van der Waals surface area contributed by atoms with E-state index in [1.54, 1.807) is 12.4 Å². The molecule has 2 aromatic heterocycles. The van der Waals surface area contributed by atoms with Crippen LogP contribution in [0.4, 0.5) is 16.4 Å². The molecule has 0 aromatic carbocycles. The molecule has 0 spiro atoms. The van der Waals surface area contributed by atoms with E-state index in [1.165, 1.54) is 0 Å². The molecule has 0 bridgehead atoms. The van der Waals surface area contributed by atoms with Crippen molar-refractivity contribution in [3.05, 3.63) is 18.6 Å². The van der Waals surface area contributed by atoms with Gasteiger partial charge in [0.15, 0.2) is 17.3 Å². The first kappa shape index (κ1) is 16.5. The fourth-order valence-corrected chi connectivity index (χ4v) is 2.61. The van der Waals surface area contributed by atoms with Gasteiger partial charge in [0, 0.05) is 25.5 Å². The average molecular weight is 333 g/mol. The van der Waals surface area contributed by atoms with Crippen LogP contribution in [0, 0.1) is 0 Å². The minimum absolute atomic E-state index is 0.123. The highest BCUT2D eigenvalue weighted by atomic mass is 16.6. The zero-order valence-electron chi connectivity index (χ0n) is 14.4. The Hall–Kier alpha value is -2.35. The fourth-order valence-electron chi connectivity index (χ4n) is 2.61. The van der Waals surface area contributed by atoms with Gasteiger partial charge in [-0.15, -0.1) is 0 Å². The zero-order chi connectivity index (χ0) is 17.3. The summed E-state index contributed by atoms with van der Waals surface area (Å²) in [6.45, 7) is 9.58. The minimum Gasteiger partial charge on any atom is -0.444 e. The molecule has 1 atom stereocenters. The summed E-state index contributed by atoms with van der Waals surface area (Å²) in [5.74, 6) is 1.15. The summed E-state index contributed by atoms with van der Waals surface area (Å²) in [4.78, 5) is 23.1. The number of fused-ring (bicyclic) bond motifs is 1. The normalized spacial score (nSPS) is 18.7. The van der Waals surface area contributed by atoms with E-state index in [0.29, 0.717) is 12.4 Å². The molecular weight excluding hydrogens is 310 g/mol. The lowest BCUT2D eigenvalue weighted by Gasteiger charge is -2.32. The maximum atomic E-state index is 12.0. The number of rotatable bonds is 2. The first-order valence-electron chi connectivity index (χ1n) is 8.02. The molecule has 2 aromatic rings. The second-order valence-electron chi connectivity index (χ2n) is 6.86. The molecule has 1 aliphatic rings. The van der Waals surface area contributed by atoms with Crippen molar-refractivity contribution >= 4 is 23.4 Å². The Bertz CT molecular complexity index is 737. The molecule has 1 N–H and O–H groups in total. The molecule has 0 unspecified atom stereocenters. The van der Waals surface area contributed by atoms with Gasteiger partial charge in [-0.2, -0.15) is 0 Å². The Kier molecular flexibility index (Phi) is 4.31. The van der Waals surface area contributed by atoms with Crippen LogP contribution in [0.15, 0.2) is 18.6 Å². The Morgan fingerprint density at radius 3 is 2.96 bits per heavy atom. The van der Waals surface area contributed by atoms with Crippen LogP contribution in [0.5, 0.6) is 0 Å². The van der Waals surface area contributed by atoms with E-state index in [4.69, 9.17) is 9.47 Å².